The van der Waals surface area contributed by atoms with E-state index in [2.05, 4.69) is 22.6 Å². The standard InChI is InChI=1S/C9H12FIO/c1-6-3-8(10)5-9(4-6)12-7(2)11/h3-4,7,9H,5H2,1-2H3/t7-,9?/m1/s1. The van der Waals surface area contributed by atoms with Crippen LogP contribution in [0.4, 0.5) is 4.39 Å². The third-order valence-electron chi connectivity index (χ3n) is 1.59. The summed E-state index contributed by atoms with van der Waals surface area (Å²) >= 11 is 2.17. The van der Waals surface area contributed by atoms with Gasteiger partial charge in [-0.3, -0.25) is 0 Å². The lowest BCUT2D eigenvalue weighted by molar-refractivity contribution is 0.0797. The molecular weight excluding hydrogens is 270 g/mol. The maximum atomic E-state index is 12.9. The molecule has 0 aliphatic heterocycles. The molecule has 1 unspecified atom stereocenters. The van der Waals surface area contributed by atoms with Crippen molar-refractivity contribution < 1.29 is 9.13 Å². The highest BCUT2D eigenvalue weighted by Crippen LogP contribution is 2.22. The summed E-state index contributed by atoms with van der Waals surface area (Å²) < 4.78 is 18.5. The van der Waals surface area contributed by atoms with Gasteiger partial charge in [0.2, 0.25) is 0 Å². The van der Waals surface area contributed by atoms with Crippen molar-refractivity contribution in [2.45, 2.75) is 30.5 Å². The van der Waals surface area contributed by atoms with E-state index in [-0.39, 0.29) is 16.0 Å². The molecule has 0 bridgehead atoms. The van der Waals surface area contributed by atoms with Gasteiger partial charge in [-0.15, -0.1) is 0 Å². The van der Waals surface area contributed by atoms with Crippen LogP contribution < -0.4 is 0 Å². The summed E-state index contributed by atoms with van der Waals surface area (Å²) in [7, 11) is 0. The monoisotopic (exact) mass is 282 g/mol. The third-order valence-corrected chi connectivity index (χ3v) is 1.89. The number of halogens is 2. The first-order valence-corrected chi connectivity index (χ1v) is 5.16. The fraction of sp³-hybridized carbons (Fsp3) is 0.556. The van der Waals surface area contributed by atoms with Gasteiger partial charge in [0.05, 0.1) is 6.10 Å². The van der Waals surface area contributed by atoms with Crippen LogP contribution in [0, 0.1) is 0 Å². The van der Waals surface area contributed by atoms with E-state index >= 15 is 0 Å². The van der Waals surface area contributed by atoms with Gasteiger partial charge in [0.25, 0.3) is 0 Å². The first-order valence-electron chi connectivity index (χ1n) is 3.92. The van der Waals surface area contributed by atoms with Crippen LogP contribution in [0.5, 0.6) is 0 Å². The minimum absolute atomic E-state index is 0.0816. The van der Waals surface area contributed by atoms with E-state index in [4.69, 9.17) is 4.74 Å². The van der Waals surface area contributed by atoms with E-state index in [1.54, 1.807) is 6.08 Å². The molecule has 0 N–H and O–H groups in total. The summed E-state index contributed by atoms with van der Waals surface area (Å²) in [6, 6.07) is 0. The molecule has 68 valence electrons. The first-order chi connectivity index (χ1) is 5.58. The number of hydrogen-bond acceptors (Lipinski definition) is 1. The Hall–Kier alpha value is 0.100. The minimum atomic E-state index is -0.0861. The Morgan fingerprint density at radius 1 is 1.75 bits per heavy atom. The van der Waals surface area contributed by atoms with E-state index in [1.165, 1.54) is 0 Å². The summed E-state index contributed by atoms with van der Waals surface area (Å²) in [5.41, 5.74) is 0.945. The molecule has 1 nitrogen and oxygen atoms in total. The highest BCUT2D eigenvalue weighted by molar-refractivity contribution is 14.1. The summed E-state index contributed by atoms with van der Waals surface area (Å²) in [6.07, 6.45) is 3.81. The summed E-state index contributed by atoms with van der Waals surface area (Å²) in [5, 5.41) is 0. The molecule has 3 heteroatoms. The van der Waals surface area contributed by atoms with Crippen molar-refractivity contribution in [3.8, 4) is 0 Å². The molecule has 1 aliphatic rings. The van der Waals surface area contributed by atoms with Crippen LogP contribution in [0.15, 0.2) is 23.6 Å². The van der Waals surface area contributed by atoms with Gasteiger partial charge < -0.3 is 4.74 Å². The average Bonchev–Trinajstić information content (AvgIpc) is 1.81. The molecule has 0 saturated heterocycles. The zero-order valence-corrected chi connectivity index (χ0v) is 9.34. The Labute approximate surface area is 85.8 Å². The predicted molar refractivity (Wildman–Crippen MR) is 55.9 cm³/mol. The van der Waals surface area contributed by atoms with Gasteiger partial charge in [0, 0.05) is 6.42 Å². The average molecular weight is 282 g/mol. The molecule has 1 rings (SSSR count). The molecular formula is C9H12FIO. The molecule has 0 aromatic heterocycles. The number of allylic oxidation sites excluding steroid dienone is 2. The highest BCUT2D eigenvalue weighted by atomic mass is 127. The third kappa shape index (κ3) is 3.23. The second-order valence-electron chi connectivity index (χ2n) is 2.92. The molecule has 0 aromatic rings. The Balaban J connectivity index is 2.55. The van der Waals surface area contributed by atoms with E-state index in [0.29, 0.717) is 6.42 Å². The van der Waals surface area contributed by atoms with Crippen LogP contribution in [-0.4, -0.2) is 10.2 Å². The topological polar surface area (TPSA) is 9.23 Å². The summed E-state index contributed by atoms with van der Waals surface area (Å²) in [4.78, 5) is 0. The first kappa shape index (κ1) is 10.2. The number of hydrogen-bond donors (Lipinski definition) is 0. The Bertz CT molecular complexity index is 221. The predicted octanol–water partition coefficient (Wildman–Crippen LogP) is 3.36. The number of ether oxygens (including phenoxy) is 1. The van der Waals surface area contributed by atoms with Crippen LogP contribution in [0.3, 0.4) is 0 Å². The normalized spacial score (nSPS) is 26.2. The van der Waals surface area contributed by atoms with Crippen molar-refractivity contribution in [1.82, 2.24) is 0 Å². The van der Waals surface area contributed by atoms with Gasteiger partial charge in [-0.2, -0.15) is 0 Å². The second kappa shape index (κ2) is 4.37. The SMILES string of the molecule is CC1=CC(O[C@H](C)I)CC(F)=C1. The van der Waals surface area contributed by atoms with Crippen LogP contribution >= 0.6 is 22.6 Å². The summed E-state index contributed by atoms with van der Waals surface area (Å²) in [6.45, 7) is 3.83. The van der Waals surface area contributed by atoms with Crippen LogP contribution in [0.25, 0.3) is 0 Å². The van der Waals surface area contributed by atoms with Crippen molar-refractivity contribution >= 4 is 22.6 Å². The number of rotatable bonds is 2. The maximum absolute atomic E-state index is 12.9. The lowest BCUT2D eigenvalue weighted by atomic mass is 10.1. The molecule has 0 fully saturated rings. The molecule has 0 aromatic carbocycles. The molecule has 1 aliphatic carbocycles. The Morgan fingerprint density at radius 3 is 2.92 bits per heavy atom. The van der Waals surface area contributed by atoms with Crippen molar-refractivity contribution in [3.63, 3.8) is 0 Å². The van der Waals surface area contributed by atoms with Crippen LogP contribution in [0.1, 0.15) is 20.3 Å². The van der Waals surface area contributed by atoms with Gasteiger partial charge >= 0.3 is 0 Å². The van der Waals surface area contributed by atoms with Gasteiger partial charge in [0.15, 0.2) is 0 Å². The minimum Gasteiger partial charge on any atom is -0.360 e. The van der Waals surface area contributed by atoms with Gasteiger partial charge in [-0.25, -0.2) is 4.39 Å². The van der Waals surface area contributed by atoms with Crippen molar-refractivity contribution in [2.75, 3.05) is 0 Å². The Kier molecular flexibility index (Phi) is 3.71. The smallest absolute Gasteiger partial charge is 0.106 e. The van der Waals surface area contributed by atoms with Gasteiger partial charge in [-0.05, 0) is 25.5 Å². The van der Waals surface area contributed by atoms with Crippen molar-refractivity contribution in [3.05, 3.63) is 23.6 Å². The largest absolute Gasteiger partial charge is 0.360 e. The molecule has 0 heterocycles. The zero-order valence-electron chi connectivity index (χ0n) is 7.18. The van der Waals surface area contributed by atoms with Crippen molar-refractivity contribution in [2.24, 2.45) is 0 Å². The fourth-order valence-electron chi connectivity index (χ4n) is 1.23. The lowest BCUT2D eigenvalue weighted by Gasteiger charge is -2.18. The van der Waals surface area contributed by atoms with Gasteiger partial charge in [-0.1, -0.05) is 28.7 Å². The Morgan fingerprint density at radius 2 is 2.42 bits per heavy atom. The summed E-state index contributed by atoms with van der Waals surface area (Å²) in [5.74, 6) is -0.0861. The van der Waals surface area contributed by atoms with E-state index < -0.39 is 0 Å². The van der Waals surface area contributed by atoms with Gasteiger partial charge in [0.1, 0.15) is 9.94 Å². The van der Waals surface area contributed by atoms with Crippen molar-refractivity contribution in [1.29, 1.82) is 0 Å². The molecule has 0 amide bonds. The molecule has 0 spiro atoms. The molecule has 2 atom stereocenters. The zero-order chi connectivity index (χ0) is 9.14. The molecule has 0 radical (unpaired) electrons. The second-order valence-corrected chi connectivity index (χ2v) is 4.68. The fourth-order valence-corrected chi connectivity index (χ4v) is 1.60. The molecule has 0 saturated carbocycles. The lowest BCUT2D eigenvalue weighted by Crippen LogP contribution is -2.16. The number of alkyl halides is 1. The quantitative estimate of drug-likeness (QED) is 0.557. The van der Waals surface area contributed by atoms with E-state index in [9.17, 15) is 4.39 Å². The highest BCUT2D eigenvalue weighted by Gasteiger charge is 2.15. The van der Waals surface area contributed by atoms with E-state index in [0.717, 1.165) is 5.57 Å². The van der Waals surface area contributed by atoms with E-state index in [1.807, 2.05) is 19.9 Å². The van der Waals surface area contributed by atoms with Crippen LogP contribution in [0.2, 0.25) is 0 Å². The molecule has 12 heavy (non-hydrogen) atoms. The maximum Gasteiger partial charge on any atom is 0.106 e. The van der Waals surface area contributed by atoms with Crippen LogP contribution in [-0.2, 0) is 4.74 Å².